The summed E-state index contributed by atoms with van der Waals surface area (Å²) in [6.45, 7) is 0. The Hall–Kier alpha value is -2.55. The third-order valence-electron chi connectivity index (χ3n) is 2.55. The molecule has 2 aromatic carbocycles. The van der Waals surface area contributed by atoms with Crippen LogP contribution in [0.15, 0.2) is 54.6 Å². The van der Waals surface area contributed by atoms with Crippen molar-refractivity contribution in [3.05, 3.63) is 65.7 Å². The normalized spacial score (nSPS) is 11.2. The van der Waals surface area contributed by atoms with Crippen molar-refractivity contribution in [3.63, 3.8) is 0 Å². The molecule has 2 rings (SSSR count). The lowest BCUT2D eigenvalue weighted by molar-refractivity contribution is -0.295. The number of carboxylic acid groups (broad SMARTS) is 1. The predicted molar refractivity (Wildman–Crippen MR) is 70.2 cm³/mol. The Labute approximate surface area is 105 Å². The highest BCUT2D eigenvalue weighted by Gasteiger charge is 2.02. The summed E-state index contributed by atoms with van der Waals surface area (Å²) in [5, 5.41) is 11.2. The number of carboxylic acids is 1. The lowest BCUT2D eigenvalue weighted by Crippen LogP contribution is -2.23. The Balaban J connectivity index is 2.43. The SMILES string of the molecule is Nc1ccc(/C=C(\C(=O)[O-])c2ccccc2)cc1. The van der Waals surface area contributed by atoms with Crippen LogP contribution in [0.4, 0.5) is 5.69 Å². The van der Waals surface area contributed by atoms with Crippen molar-refractivity contribution in [1.29, 1.82) is 0 Å². The number of nitrogens with two attached hydrogens (primary N) is 1. The summed E-state index contributed by atoms with van der Waals surface area (Å²) < 4.78 is 0. The third kappa shape index (κ3) is 2.77. The van der Waals surface area contributed by atoms with Crippen LogP contribution in [-0.2, 0) is 4.79 Å². The summed E-state index contributed by atoms with van der Waals surface area (Å²) in [4.78, 5) is 11.2. The van der Waals surface area contributed by atoms with Gasteiger partial charge in [-0.2, -0.15) is 0 Å². The lowest BCUT2D eigenvalue weighted by Gasteiger charge is -2.09. The van der Waals surface area contributed by atoms with Gasteiger partial charge in [-0.05, 0) is 29.3 Å². The van der Waals surface area contributed by atoms with Crippen LogP contribution in [0, 0.1) is 0 Å². The minimum Gasteiger partial charge on any atom is -0.545 e. The van der Waals surface area contributed by atoms with E-state index in [4.69, 9.17) is 5.73 Å². The second-order valence-electron chi connectivity index (χ2n) is 3.88. The minimum absolute atomic E-state index is 0.153. The van der Waals surface area contributed by atoms with Gasteiger partial charge in [0.05, 0.1) is 5.97 Å². The minimum atomic E-state index is -1.20. The molecule has 0 fully saturated rings. The van der Waals surface area contributed by atoms with Gasteiger partial charge < -0.3 is 15.6 Å². The van der Waals surface area contributed by atoms with Gasteiger partial charge in [-0.1, -0.05) is 42.5 Å². The summed E-state index contributed by atoms with van der Waals surface area (Å²) in [7, 11) is 0. The second kappa shape index (κ2) is 5.19. The van der Waals surface area contributed by atoms with E-state index < -0.39 is 5.97 Å². The molecule has 90 valence electrons. The lowest BCUT2D eigenvalue weighted by atomic mass is 10.0. The molecule has 0 aromatic heterocycles. The molecule has 0 saturated heterocycles. The highest BCUT2D eigenvalue weighted by atomic mass is 16.4. The maximum Gasteiger partial charge on any atom is 0.0721 e. The highest BCUT2D eigenvalue weighted by molar-refractivity contribution is 6.19. The van der Waals surface area contributed by atoms with Crippen molar-refractivity contribution in [2.75, 3.05) is 5.73 Å². The summed E-state index contributed by atoms with van der Waals surface area (Å²) in [5.41, 5.74) is 7.76. The maximum atomic E-state index is 11.2. The largest absolute Gasteiger partial charge is 0.545 e. The van der Waals surface area contributed by atoms with Crippen LogP contribution >= 0.6 is 0 Å². The molecular formula is C15H12NO2-. The van der Waals surface area contributed by atoms with Gasteiger partial charge in [0, 0.05) is 11.3 Å². The summed E-state index contributed by atoms with van der Waals surface area (Å²) >= 11 is 0. The van der Waals surface area contributed by atoms with Crippen LogP contribution in [0.1, 0.15) is 11.1 Å². The number of anilines is 1. The van der Waals surface area contributed by atoms with Crippen LogP contribution in [0.2, 0.25) is 0 Å². The Morgan fingerprint density at radius 2 is 1.61 bits per heavy atom. The maximum absolute atomic E-state index is 11.2. The average molecular weight is 238 g/mol. The van der Waals surface area contributed by atoms with E-state index in [0.29, 0.717) is 11.3 Å². The van der Waals surface area contributed by atoms with Gasteiger partial charge >= 0.3 is 0 Å². The first kappa shape index (κ1) is 11.9. The molecule has 0 atom stereocenters. The van der Waals surface area contributed by atoms with Gasteiger partial charge in [0.15, 0.2) is 0 Å². The van der Waals surface area contributed by atoms with Gasteiger partial charge in [-0.25, -0.2) is 0 Å². The first-order chi connectivity index (χ1) is 8.66. The summed E-state index contributed by atoms with van der Waals surface area (Å²) in [6.07, 6.45) is 1.57. The smallest absolute Gasteiger partial charge is 0.0721 e. The third-order valence-corrected chi connectivity index (χ3v) is 2.55. The fraction of sp³-hybridized carbons (Fsp3) is 0. The van der Waals surface area contributed by atoms with E-state index in [1.165, 1.54) is 0 Å². The molecule has 0 aliphatic heterocycles. The molecule has 0 saturated carbocycles. The average Bonchev–Trinajstić information content (AvgIpc) is 2.38. The quantitative estimate of drug-likeness (QED) is 0.501. The monoisotopic (exact) mass is 238 g/mol. The number of hydrogen-bond donors (Lipinski definition) is 1. The number of benzene rings is 2. The van der Waals surface area contributed by atoms with Gasteiger partial charge in [0.2, 0.25) is 0 Å². The number of carbonyl (C=O) groups excluding carboxylic acids is 1. The van der Waals surface area contributed by atoms with E-state index in [9.17, 15) is 9.90 Å². The van der Waals surface area contributed by atoms with Crippen LogP contribution in [-0.4, -0.2) is 5.97 Å². The first-order valence-electron chi connectivity index (χ1n) is 5.51. The highest BCUT2D eigenvalue weighted by Crippen LogP contribution is 2.18. The molecule has 3 nitrogen and oxygen atoms in total. The van der Waals surface area contributed by atoms with Crippen molar-refractivity contribution < 1.29 is 9.90 Å². The second-order valence-corrected chi connectivity index (χ2v) is 3.88. The summed E-state index contributed by atoms with van der Waals surface area (Å²) in [6, 6.07) is 15.9. The van der Waals surface area contributed by atoms with E-state index in [1.54, 1.807) is 54.6 Å². The van der Waals surface area contributed by atoms with Crippen molar-refractivity contribution in [1.82, 2.24) is 0 Å². The number of rotatable bonds is 3. The molecular weight excluding hydrogens is 226 g/mol. The number of hydrogen-bond acceptors (Lipinski definition) is 3. The molecule has 0 aliphatic rings. The molecule has 0 radical (unpaired) electrons. The zero-order chi connectivity index (χ0) is 13.0. The molecule has 0 aliphatic carbocycles. The molecule has 18 heavy (non-hydrogen) atoms. The van der Waals surface area contributed by atoms with Crippen LogP contribution < -0.4 is 10.8 Å². The molecule has 0 unspecified atom stereocenters. The zero-order valence-electron chi connectivity index (χ0n) is 9.67. The first-order valence-corrected chi connectivity index (χ1v) is 5.51. The number of nitrogen functional groups attached to an aromatic ring is 1. The van der Waals surface area contributed by atoms with E-state index in [2.05, 4.69) is 0 Å². The predicted octanol–water partition coefficient (Wildman–Crippen LogP) is 1.56. The zero-order valence-corrected chi connectivity index (χ0v) is 9.67. The van der Waals surface area contributed by atoms with Crippen LogP contribution in [0.3, 0.4) is 0 Å². The molecule has 2 N–H and O–H groups in total. The van der Waals surface area contributed by atoms with Gasteiger partial charge in [0.25, 0.3) is 0 Å². The van der Waals surface area contributed by atoms with Gasteiger partial charge in [-0.15, -0.1) is 0 Å². The van der Waals surface area contributed by atoms with Crippen molar-refractivity contribution in [2.24, 2.45) is 0 Å². The van der Waals surface area contributed by atoms with Crippen molar-refractivity contribution in [3.8, 4) is 0 Å². The van der Waals surface area contributed by atoms with Crippen molar-refractivity contribution in [2.45, 2.75) is 0 Å². The van der Waals surface area contributed by atoms with Crippen LogP contribution in [0.25, 0.3) is 11.6 Å². The standard InChI is InChI=1S/C15H13NO2/c16-13-8-6-11(7-9-13)10-14(15(17)18)12-4-2-1-3-5-12/h1-10H,16H2,(H,17,18)/p-1/b14-10-. The molecule has 0 heterocycles. The van der Waals surface area contributed by atoms with E-state index in [1.807, 2.05) is 6.07 Å². The Morgan fingerprint density at radius 3 is 2.17 bits per heavy atom. The van der Waals surface area contributed by atoms with E-state index >= 15 is 0 Å². The fourth-order valence-corrected chi connectivity index (χ4v) is 1.64. The van der Waals surface area contributed by atoms with Crippen molar-refractivity contribution >= 4 is 23.3 Å². The number of aliphatic carboxylic acids is 1. The number of carbonyl (C=O) groups is 1. The van der Waals surface area contributed by atoms with Gasteiger partial charge in [-0.3, -0.25) is 0 Å². The summed E-state index contributed by atoms with van der Waals surface area (Å²) in [5.74, 6) is -1.20. The van der Waals surface area contributed by atoms with Gasteiger partial charge in [0.1, 0.15) is 0 Å². The molecule has 2 aromatic rings. The Kier molecular flexibility index (Phi) is 3.44. The fourth-order valence-electron chi connectivity index (χ4n) is 1.64. The molecule has 3 heteroatoms. The Morgan fingerprint density at radius 1 is 1.00 bits per heavy atom. The topological polar surface area (TPSA) is 66.2 Å². The Bertz CT molecular complexity index is 571. The van der Waals surface area contributed by atoms with E-state index in [-0.39, 0.29) is 5.57 Å². The molecule has 0 amide bonds. The van der Waals surface area contributed by atoms with Crippen LogP contribution in [0.5, 0.6) is 0 Å². The van der Waals surface area contributed by atoms with E-state index in [0.717, 1.165) is 5.56 Å². The molecule has 0 spiro atoms. The molecule has 0 bridgehead atoms.